The summed E-state index contributed by atoms with van der Waals surface area (Å²) in [5, 5.41) is 6.02. The summed E-state index contributed by atoms with van der Waals surface area (Å²) in [5.41, 5.74) is 1.55. The Labute approximate surface area is 109 Å². The maximum atomic E-state index is 12.0. The predicted octanol–water partition coefficient (Wildman–Crippen LogP) is 4.15. The molecule has 0 aliphatic rings. The Morgan fingerprint density at radius 1 is 0.944 bits per heavy atom. The molecular formula is C15H11NOS. The van der Waals surface area contributed by atoms with Crippen molar-refractivity contribution in [2.75, 3.05) is 5.32 Å². The first-order valence-electron chi connectivity index (χ1n) is 5.67. The molecule has 0 saturated heterocycles. The molecule has 0 fully saturated rings. The number of thiophene rings is 1. The van der Waals surface area contributed by atoms with E-state index < -0.39 is 0 Å². The molecule has 0 radical (unpaired) electrons. The van der Waals surface area contributed by atoms with Crippen molar-refractivity contribution in [2.24, 2.45) is 0 Å². The quantitative estimate of drug-likeness (QED) is 0.730. The van der Waals surface area contributed by atoms with Crippen LogP contribution >= 0.6 is 11.3 Å². The summed E-state index contributed by atoms with van der Waals surface area (Å²) in [7, 11) is 0. The van der Waals surface area contributed by atoms with Gasteiger partial charge in [-0.15, -0.1) is 11.3 Å². The number of rotatable bonds is 2. The summed E-state index contributed by atoms with van der Waals surface area (Å²) in [5.74, 6) is -0.0702. The zero-order valence-electron chi connectivity index (χ0n) is 9.59. The van der Waals surface area contributed by atoms with Gasteiger partial charge in [0, 0.05) is 21.0 Å². The normalized spacial score (nSPS) is 10.4. The predicted molar refractivity (Wildman–Crippen MR) is 76.2 cm³/mol. The Kier molecular flexibility index (Phi) is 2.82. The van der Waals surface area contributed by atoms with Gasteiger partial charge < -0.3 is 5.32 Å². The summed E-state index contributed by atoms with van der Waals surface area (Å²) in [4.78, 5) is 12.0. The van der Waals surface area contributed by atoms with Gasteiger partial charge in [0.1, 0.15) is 0 Å². The summed E-state index contributed by atoms with van der Waals surface area (Å²) < 4.78 is 1.18. The Morgan fingerprint density at radius 3 is 2.50 bits per heavy atom. The van der Waals surface area contributed by atoms with E-state index in [4.69, 9.17) is 0 Å². The van der Waals surface area contributed by atoms with E-state index >= 15 is 0 Å². The van der Waals surface area contributed by atoms with Gasteiger partial charge in [-0.2, -0.15) is 0 Å². The van der Waals surface area contributed by atoms with Gasteiger partial charge in [0.15, 0.2) is 0 Å². The fourth-order valence-corrected chi connectivity index (χ4v) is 2.75. The van der Waals surface area contributed by atoms with E-state index in [1.165, 1.54) is 4.70 Å². The smallest absolute Gasteiger partial charge is 0.255 e. The van der Waals surface area contributed by atoms with Gasteiger partial charge in [0.05, 0.1) is 5.69 Å². The zero-order valence-corrected chi connectivity index (χ0v) is 10.4. The minimum Gasteiger partial charge on any atom is -0.321 e. The van der Waals surface area contributed by atoms with Crippen LogP contribution in [0.15, 0.2) is 60.0 Å². The number of hydrogen-bond donors (Lipinski definition) is 1. The number of benzene rings is 2. The minimum atomic E-state index is -0.0702. The van der Waals surface area contributed by atoms with E-state index in [1.54, 1.807) is 11.3 Å². The molecule has 18 heavy (non-hydrogen) atoms. The van der Waals surface area contributed by atoms with Gasteiger partial charge in [-0.25, -0.2) is 0 Å². The van der Waals surface area contributed by atoms with Crippen molar-refractivity contribution in [3.8, 4) is 0 Å². The molecule has 0 aliphatic carbocycles. The molecule has 3 rings (SSSR count). The van der Waals surface area contributed by atoms with E-state index in [0.29, 0.717) is 5.56 Å². The van der Waals surface area contributed by atoms with Crippen LogP contribution in [-0.2, 0) is 0 Å². The van der Waals surface area contributed by atoms with Gasteiger partial charge in [-0.3, -0.25) is 4.79 Å². The molecule has 2 aromatic carbocycles. The highest BCUT2D eigenvalue weighted by Gasteiger charge is 2.08. The van der Waals surface area contributed by atoms with E-state index in [-0.39, 0.29) is 5.91 Å². The molecule has 0 atom stereocenters. The number of amides is 1. The van der Waals surface area contributed by atoms with Crippen LogP contribution in [0.2, 0.25) is 0 Å². The lowest BCUT2D eigenvalue weighted by molar-refractivity contribution is 0.102. The highest BCUT2D eigenvalue weighted by Crippen LogP contribution is 2.30. The number of anilines is 1. The molecule has 3 heteroatoms. The Hall–Kier alpha value is -2.13. The lowest BCUT2D eigenvalue weighted by atomic mass is 10.2. The molecule has 1 heterocycles. The molecule has 2 nitrogen and oxygen atoms in total. The van der Waals surface area contributed by atoms with Crippen LogP contribution < -0.4 is 5.32 Å². The van der Waals surface area contributed by atoms with Crippen LogP contribution in [0.25, 0.3) is 10.1 Å². The number of carbonyl (C=O) groups is 1. The Morgan fingerprint density at radius 2 is 1.67 bits per heavy atom. The van der Waals surface area contributed by atoms with Crippen molar-refractivity contribution >= 4 is 33.0 Å². The third kappa shape index (κ3) is 2.00. The highest BCUT2D eigenvalue weighted by molar-refractivity contribution is 7.17. The second-order valence-corrected chi connectivity index (χ2v) is 4.88. The molecule has 0 aliphatic heterocycles. The maximum absolute atomic E-state index is 12.0. The minimum absolute atomic E-state index is 0.0702. The van der Waals surface area contributed by atoms with Crippen molar-refractivity contribution < 1.29 is 4.79 Å². The summed E-state index contributed by atoms with van der Waals surface area (Å²) >= 11 is 1.64. The zero-order chi connectivity index (χ0) is 12.4. The number of fused-ring (bicyclic) bond motifs is 1. The molecule has 1 N–H and O–H groups in total. The second kappa shape index (κ2) is 4.63. The molecule has 0 spiro atoms. The van der Waals surface area contributed by atoms with Crippen LogP contribution in [0.1, 0.15) is 10.4 Å². The van der Waals surface area contributed by atoms with Crippen molar-refractivity contribution in [3.05, 3.63) is 65.5 Å². The fourth-order valence-electron chi connectivity index (χ4n) is 1.86. The number of carbonyl (C=O) groups excluding carboxylic acids is 1. The average molecular weight is 253 g/mol. The van der Waals surface area contributed by atoms with Crippen molar-refractivity contribution in [1.29, 1.82) is 0 Å². The van der Waals surface area contributed by atoms with Gasteiger partial charge in [0.25, 0.3) is 5.91 Å². The SMILES string of the molecule is O=C(Nc1csc2ccccc12)c1ccccc1. The van der Waals surface area contributed by atoms with Crippen LogP contribution in [0.4, 0.5) is 5.69 Å². The Balaban J connectivity index is 1.91. The van der Waals surface area contributed by atoms with Crippen LogP contribution in [0, 0.1) is 0 Å². The average Bonchev–Trinajstić information content (AvgIpc) is 2.83. The molecule has 0 unspecified atom stereocenters. The van der Waals surface area contributed by atoms with Gasteiger partial charge in [-0.1, -0.05) is 36.4 Å². The van der Waals surface area contributed by atoms with Gasteiger partial charge in [0.2, 0.25) is 0 Å². The van der Waals surface area contributed by atoms with E-state index in [1.807, 2.05) is 53.9 Å². The lowest BCUT2D eigenvalue weighted by Crippen LogP contribution is -2.11. The maximum Gasteiger partial charge on any atom is 0.255 e. The summed E-state index contributed by atoms with van der Waals surface area (Å²) in [6, 6.07) is 17.3. The molecule has 3 aromatic rings. The van der Waals surface area contributed by atoms with Crippen LogP contribution in [-0.4, -0.2) is 5.91 Å². The highest BCUT2D eigenvalue weighted by atomic mass is 32.1. The summed E-state index contributed by atoms with van der Waals surface area (Å²) in [6.45, 7) is 0. The molecule has 88 valence electrons. The number of hydrogen-bond acceptors (Lipinski definition) is 2. The van der Waals surface area contributed by atoms with E-state index in [9.17, 15) is 4.79 Å². The molecule has 0 bridgehead atoms. The molecular weight excluding hydrogens is 242 g/mol. The molecule has 1 amide bonds. The summed E-state index contributed by atoms with van der Waals surface area (Å²) in [6.07, 6.45) is 0. The third-order valence-corrected chi connectivity index (χ3v) is 3.73. The first kappa shape index (κ1) is 11.0. The van der Waals surface area contributed by atoms with Crippen molar-refractivity contribution in [2.45, 2.75) is 0 Å². The van der Waals surface area contributed by atoms with Crippen LogP contribution in [0.5, 0.6) is 0 Å². The third-order valence-electron chi connectivity index (χ3n) is 2.77. The fraction of sp³-hybridized carbons (Fsp3) is 0. The standard InChI is InChI=1S/C15H11NOS/c17-15(11-6-2-1-3-7-11)16-13-10-18-14-9-5-4-8-12(13)14/h1-10H,(H,16,17). The molecule has 0 saturated carbocycles. The van der Waals surface area contributed by atoms with E-state index in [2.05, 4.69) is 11.4 Å². The topological polar surface area (TPSA) is 29.1 Å². The van der Waals surface area contributed by atoms with E-state index in [0.717, 1.165) is 11.1 Å². The monoisotopic (exact) mass is 253 g/mol. The largest absolute Gasteiger partial charge is 0.321 e. The second-order valence-electron chi connectivity index (χ2n) is 3.97. The Bertz CT molecular complexity index is 688. The van der Waals surface area contributed by atoms with Gasteiger partial charge >= 0.3 is 0 Å². The van der Waals surface area contributed by atoms with Gasteiger partial charge in [-0.05, 0) is 18.2 Å². The first-order chi connectivity index (χ1) is 8.84. The van der Waals surface area contributed by atoms with Crippen molar-refractivity contribution in [3.63, 3.8) is 0 Å². The number of nitrogens with one attached hydrogen (secondary N) is 1. The van der Waals surface area contributed by atoms with Crippen LogP contribution in [0.3, 0.4) is 0 Å². The molecule has 1 aromatic heterocycles. The van der Waals surface area contributed by atoms with Crippen molar-refractivity contribution in [1.82, 2.24) is 0 Å². The first-order valence-corrected chi connectivity index (χ1v) is 6.55. The lowest BCUT2D eigenvalue weighted by Gasteiger charge is -2.03.